The quantitative estimate of drug-likeness (QED) is 0.907. The van der Waals surface area contributed by atoms with E-state index in [1.807, 2.05) is 25.1 Å². The molecular weight excluding hydrogens is 241 g/mol. The molecule has 2 rings (SSSR count). The third kappa shape index (κ3) is 3.32. The summed E-state index contributed by atoms with van der Waals surface area (Å²) in [5.41, 5.74) is 8.51. The van der Waals surface area contributed by atoms with Crippen LogP contribution < -0.4 is 10.5 Å². The molecule has 0 aliphatic rings. The van der Waals surface area contributed by atoms with Gasteiger partial charge in [-0.1, -0.05) is 12.1 Å². The average molecular weight is 259 g/mol. The van der Waals surface area contributed by atoms with Gasteiger partial charge in [-0.25, -0.2) is 4.39 Å². The van der Waals surface area contributed by atoms with Gasteiger partial charge in [0.1, 0.15) is 17.3 Å². The molecule has 3 heteroatoms. The van der Waals surface area contributed by atoms with E-state index in [2.05, 4.69) is 0 Å². The Morgan fingerprint density at radius 1 is 1.00 bits per heavy atom. The van der Waals surface area contributed by atoms with Gasteiger partial charge in [-0.05, 0) is 61.7 Å². The van der Waals surface area contributed by atoms with Gasteiger partial charge in [-0.2, -0.15) is 0 Å². The lowest BCUT2D eigenvalue weighted by molar-refractivity contribution is 0.475. The molecule has 2 aromatic rings. The molecule has 0 fully saturated rings. The minimum atomic E-state index is -0.256. The van der Waals surface area contributed by atoms with Gasteiger partial charge in [0.2, 0.25) is 0 Å². The Balaban J connectivity index is 2.19. The summed E-state index contributed by atoms with van der Waals surface area (Å²) in [5, 5.41) is 0. The van der Waals surface area contributed by atoms with Crippen LogP contribution >= 0.6 is 0 Å². The van der Waals surface area contributed by atoms with Gasteiger partial charge in [-0.15, -0.1) is 0 Å². The van der Waals surface area contributed by atoms with Crippen molar-refractivity contribution in [2.24, 2.45) is 5.73 Å². The largest absolute Gasteiger partial charge is 0.457 e. The molecule has 19 heavy (non-hydrogen) atoms. The van der Waals surface area contributed by atoms with Crippen molar-refractivity contribution in [2.75, 3.05) is 6.54 Å². The Bertz CT molecular complexity index is 581. The predicted molar refractivity (Wildman–Crippen MR) is 75.1 cm³/mol. The summed E-state index contributed by atoms with van der Waals surface area (Å²) in [6.07, 6.45) is 0.852. The van der Waals surface area contributed by atoms with E-state index in [1.54, 1.807) is 19.1 Å². The second-order valence-corrected chi connectivity index (χ2v) is 4.64. The minimum absolute atomic E-state index is 0.256. The number of ether oxygens (including phenoxy) is 1. The highest BCUT2D eigenvalue weighted by Gasteiger charge is 2.04. The monoisotopic (exact) mass is 259 g/mol. The van der Waals surface area contributed by atoms with Crippen molar-refractivity contribution in [3.05, 3.63) is 58.9 Å². The van der Waals surface area contributed by atoms with Crippen LogP contribution in [0.25, 0.3) is 0 Å². The van der Waals surface area contributed by atoms with Crippen LogP contribution in [-0.4, -0.2) is 6.54 Å². The predicted octanol–water partition coefficient (Wildman–Crippen LogP) is 3.74. The molecule has 0 atom stereocenters. The Morgan fingerprint density at radius 3 is 2.32 bits per heavy atom. The molecule has 0 unspecified atom stereocenters. The third-order valence-corrected chi connectivity index (χ3v) is 3.11. The van der Waals surface area contributed by atoms with Gasteiger partial charge >= 0.3 is 0 Å². The second-order valence-electron chi connectivity index (χ2n) is 4.64. The molecule has 2 aromatic carbocycles. The first-order chi connectivity index (χ1) is 9.10. The zero-order valence-electron chi connectivity index (χ0n) is 11.2. The molecule has 0 saturated heterocycles. The molecule has 0 saturated carbocycles. The molecule has 0 bridgehead atoms. The Labute approximate surface area is 113 Å². The van der Waals surface area contributed by atoms with Crippen LogP contribution in [0.2, 0.25) is 0 Å². The Morgan fingerprint density at radius 2 is 1.68 bits per heavy atom. The molecule has 0 spiro atoms. The van der Waals surface area contributed by atoms with Gasteiger partial charge in [0.15, 0.2) is 0 Å². The van der Waals surface area contributed by atoms with Gasteiger partial charge < -0.3 is 10.5 Å². The summed E-state index contributed by atoms with van der Waals surface area (Å²) >= 11 is 0. The first kappa shape index (κ1) is 13.6. The number of benzene rings is 2. The number of hydrogen-bond donors (Lipinski definition) is 1. The molecule has 2 nitrogen and oxygen atoms in total. The lowest BCUT2D eigenvalue weighted by atomic mass is 10.1. The van der Waals surface area contributed by atoms with Crippen molar-refractivity contribution < 1.29 is 9.13 Å². The number of aryl methyl sites for hydroxylation is 2. The van der Waals surface area contributed by atoms with E-state index in [0.717, 1.165) is 12.0 Å². The van der Waals surface area contributed by atoms with E-state index in [0.29, 0.717) is 23.6 Å². The first-order valence-corrected chi connectivity index (χ1v) is 6.34. The molecular formula is C16H18FNO. The van der Waals surface area contributed by atoms with Crippen LogP contribution in [0.4, 0.5) is 4.39 Å². The second kappa shape index (κ2) is 5.85. The maximum Gasteiger partial charge on any atom is 0.130 e. The number of nitrogens with two attached hydrogens (primary N) is 1. The van der Waals surface area contributed by atoms with Crippen molar-refractivity contribution >= 4 is 0 Å². The fraction of sp³-hybridized carbons (Fsp3) is 0.250. The Hall–Kier alpha value is -1.87. The van der Waals surface area contributed by atoms with Crippen LogP contribution in [0.3, 0.4) is 0 Å². The maximum atomic E-state index is 13.4. The molecule has 0 heterocycles. The van der Waals surface area contributed by atoms with Gasteiger partial charge in [-0.3, -0.25) is 0 Å². The van der Waals surface area contributed by atoms with E-state index in [1.165, 1.54) is 11.6 Å². The molecule has 0 amide bonds. The van der Waals surface area contributed by atoms with Gasteiger partial charge in [0, 0.05) is 6.07 Å². The van der Waals surface area contributed by atoms with Crippen LogP contribution in [-0.2, 0) is 6.42 Å². The minimum Gasteiger partial charge on any atom is -0.457 e. The number of rotatable bonds is 4. The standard InChI is InChI=1S/C16H18FNO/c1-11-3-5-15(10-16(11)17)19-14-6-4-13(7-8-18)12(2)9-14/h3-6,9-10H,7-8,18H2,1-2H3. The van der Waals surface area contributed by atoms with Crippen molar-refractivity contribution in [3.8, 4) is 11.5 Å². The van der Waals surface area contributed by atoms with Crippen molar-refractivity contribution in [3.63, 3.8) is 0 Å². The molecule has 100 valence electrons. The van der Waals surface area contributed by atoms with Crippen LogP contribution in [0, 0.1) is 19.7 Å². The topological polar surface area (TPSA) is 35.2 Å². The fourth-order valence-electron chi connectivity index (χ4n) is 1.94. The van der Waals surface area contributed by atoms with Crippen LogP contribution in [0.1, 0.15) is 16.7 Å². The molecule has 0 aliphatic heterocycles. The van der Waals surface area contributed by atoms with E-state index in [4.69, 9.17) is 10.5 Å². The summed E-state index contributed by atoms with van der Waals surface area (Å²) < 4.78 is 19.1. The van der Waals surface area contributed by atoms with Crippen molar-refractivity contribution in [1.29, 1.82) is 0 Å². The lowest BCUT2D eigenvalue weighted by Crippen LogP contribution is -2.04. The summed E-state index contributed by atoms with van der Waals surface area (Å²) in [4.78, 5) is 0. The van der Waals surface area contributed by atoms with Crippen LogP contribution in [0.5, 0.6) is 11.5 Å². The highest BCUT2D eigenvalue weighted by molar-refractivity contribution is 5.38. The molecule has 0 radical (unpaired) electrons. The summed E-state index contributed by atoms with van der Waals surface area (Å²) in [6.45, 7) is 4.38. The maximum absolute atomic E-state index is 13.4. The number of halogens is 1. The summed E-state index contributed by atoms with van der Waals surface area (Å²) in [6, 6.07) is 10.7. The zero-order valence-corrected chi connectivity index (χ0v) is 11.2. The summed E-state index contributed by atoms with van der Waals surface area (Å²) in [5.74, 6) is 0.963. The van der Waals surface area contributed by atoms with E-state index >= 15 is 0 Å². The zero-order chi connectivity index (χ0) is 13.8. The lowest BCUT2D eigenvalue weighted by Gasteiger charge is -2.10. The number of hydrogen-bond acceptors (Lipinski definition) is 2. The molecule has 0 aromatic heterocycles. The normalized spacial score (nSPS) is 10.5. The third-order valence-electron chi connectivity index (χ3n) is 3.11. The van der Waals surface area contributed by atoms with E-state index in [9.17, 15) is 4.39 Å². The highest BCUT2D eigenvalue weighted by atomic mass is 19.1. The summed E-state index contributed by atoms with van der Waals surface area (Å²) in [7, 11) is 0. The Kier molecular flexibility index (Phi) is 4.17. The average Bonchev–Trinajstić information content (AvgIpc) is 2.37. The SMILES string of the molecule is Cc1ccc(Oc2ccc(CCN)c(C)c2)cc1F. The van der Waals surface area contributed by atoms with Crippen molar-refractivity contribution in [2.45, 2.75) is 20.3 Å². The van der Waals surface area contributed by atoms with Crippen LogP contribution in [0.15, 0.2) is 36.4 Å². The van der Waals surface area contributed by atoms with Gasteiger partial charge in [0.25, 0.3) is 0 Å². The van der Waals surface area contributed by atoms with Crippen molar-refractivity contribution in [1.82, 2.24) is 0 Å². The molecule has 2 N–H and O–H groups in total. The highest BCUT2D eigenvalue weighted by Crippen LogP contribution is 2.25. The first-order valence-electron chi connectivity index (χ1n) is 6.34. The van der Waals surface area contributed by atoms with E-state index in [-0.39, 0.29) is 5.82 Å². The smallest absolute Gasteiger partial charge is 0.130 e. The molecule has 0 aliphatic carbocycles. The van der Waals surface area contributed by atoms with Gasteiger partial charge in [0.05, 0.1) is 0 Å². The fourth-order valence-corrected chi connectivity index (χ4v) is 1.94. The van der Waals surface area contributed by atoms with E-state index < -0.39 is 0 Å².